The largest absolute Gasteiger partial charge is 0.462 e. The number of carbonyl (C=O) groups excluding carboxylic acids is 2. The average Bonchev–Trinajstić information content (AvgIpc) is 2.24. The molecule has 1 rings (SSSR count). The van der Waals surface area contributed by atoms with Crippen LogP contribution in [0.3, 0.4) is 0 Å². The summed E-state index contributed by atoms with van der Waals surface area (Å²) < 4.78 is 9.89. The molecule has 0 aromatic heterocycles. The lowest BCUT2D eigenvalue weighted by Gasteiger charge is -2.41. The molecule has 1 aliphatic heterocycles. The Morgan fingerprint density at radius 3 is 2.69 bits per heavy atom. The normalized spacial score (nSPS) is 24.0. The molecule has 0 aliphatic carbocycles. The van der Waals surface area contributed by atoms with Gasteiger partial charge in [-0.25, -0.2) is 4.79 Å². The highest BCUT2D eigenvalue weighted by atomic mass is 16.5. The van der Waals surface area contributed by atoms with E-state index in [0.29, 0.717) is 6.54 Å². The van der Waals surface area contributed by atoms with Gasteiger partial charge in [0.25, 0.3) is 0 Å². The number of rotatable bonds is 1. The van der Waals surface area contributed by atoms with Gasteiger partial charge >= 0.3 is 11.9 Å². The van der Waals surface area contributed by atoms with Gasteiger partial charge in [-0.3, -0.25) is 4.79 Å². The number of esters is 1. The number of aliphatic hydroxyl groups is 1. The van der Waals surface area contributed by atoms with Crippen molar-refractivity contribution in [1.82, 2.24) is 4.90 Å². The van der Waals surface area contributed by atoms with E-state index < -0.39 is 23.6 Å². The predicted molar refractivity (Wildman–Crippen MR) is 54.6 cm³/mol. The fourth-order valence-electron chi connectivity index (χ4n) is 1.76. The minimum atomic E-state index is -0.894. The van der Waals surface area contributed by atoms with Crippen LogP contribution in [-0.2, 0) is 19.1 Å². The summed E-state index contributed by atoms with van der Waals surface area (Å²) >= 11 is 0. The maximum atomic E-state index is 11.6. The molecule has 6 nitrogen and oxygen atoms in total. The van der Waals surface area contributed by atoms with Crippen LogP contribution in [0, 0.1) is 0 Å². The molecule has 0 bridgehead atoms. The van der Waals surface area contributed by atoms with Gasteiger partial charge in [0.05, 0.1) is 25.4 Å². The number of methoxy groups -OCH3 is 1. The molecule has 1 heterocycles. The number of amides is 1. The fraction of sp³-hybridized carbons (Fsp3) is 0.800. The highest BCUT2D eigenvalue weighted by Crippen LogP contribution is 2.20. The quantitative estimate of drug-likeness (QED) is 0.470. The number of hydrogen-bond acceptors (Lipinski definition) is 5. The second kappa shape index (κ2) is 4.80. The number of carbonyl (C=O) groups is 2. The van der Waals surface area contributed by atoms with Gasteiger partial charge in [-0.15, -0.1) is 0 Å². The van der Waals surface area contributed by atoms with Gasteiger partial charge in [0, 0.05) is 13.1 Å². The third kappa shape index (κ3) is 2.93. The number of nitrogens with zero attached hydrogens (tertiary/aromatic N) is 1. The molecule has 0 radical (unpaired) electrons. The Morgan fingerprint density at radius 2 is 2.19 bits per heavy atom. The fourth-order valence-corrected chi connectivity index (χ4v) is 1.76. The van der Waals surface area contributed by atoms with Gasteiger partial charge in [-0.05, 0) is 13.8 Å². The van der Waals surface area contributed by atoms with Crippen LogP contribution in [0.1, 0.15) is 13.8 Å². The third-order valence-electron chi connectivity index (χ3n) is 2.33. The molecular formula is C10H17NO5. The molecule has 0 aromatic carbocycles. The number of ether oxygens (including phenoxy) is 2. The van der Waals surface area contributed by atoms with E-state index in [1.165, 1.54) is 4.90 Å². The van der Waals surface area contributed by atoms with Crippen molar-refractivity contribution in [3.63, 3.8) is 0 Å². The van der Waals surface area contributed by atoms with Gasteiger partial charge in [-0.2, -0.15) is 0 Å². The summed E-state index contributed by atoms with van der Waals surface area (Å²) in [7, 11) is 1.16. The van der Waals surface area contributed by atoms with Gasteiger partial charge in [0.1, 0.15) is 0 Å². The molecule has 1 fully saturated rings. The summed E-state index contributed by atoms with van der Waals surface area (Å²) in [5.74, 6) is -1.59. The first kappa shape index (κ1) is 12.9. The topological polar surface area (TPSA) is 76.1 Å². The first-order valence-corrected chi connectivity index (χ1v) is 5.05. The van der Waals surface area contributed by atoms with E-state index >= 15 is 0 Å². The highest BCUT2D eigenvalue weighted by molar-refractivity contribution is 6.32. The van der Waals surface area contributed by atoms with Crippen molar-refractivity contribution in [1.29, 1.82) is 0 Å². The Kier molecular flexibility index (Phi) is 3.88. The lowest BCUT2D eigenvalue weighted by molar-refractivity contribution is -0.176. The van der Waals surface area contributed by atoms with E-state index in [2.05, 4.69) is 4.74 Å². The summed E-state index contributed by atoms with van der Waals surface area (Å²) in [6.07, 6.45) is -0.461. The molecular weight excluding hydrogens is 214 g/mol. The molecule has 0 saturated carbocycles. The molecule has 1 unspecified atom stereocenters. The van der Waals surface area contributed by atoms with Crippen LogP contribution in [0.2, 0.25) is 0 Å². The molecule has 0 aromatic rings. The van der Waals surface area contributed by atoms with Gasteiger partial charge < -0.3 is 19.5 Å². The summed E-state index contributed by atoms with van der Waals surface area (Å²) in [6.45, 7) is 3.92. The molecule has 0 spiro atoms. The Morgan fingerprint density at radius 1 is 1.56 bits per heavy atom. The number of aliphatic hydroxyl groups excluding tert-OH is 1. The van der Waals surface area contributed by atoms with E-state index in [1.54, 1.807) is 13.8 Å². The summed E-state index contributed by atoms with van der Waals surface area (Å²) in [4.78, 5) is 24.0. The molecule has 6 heteroatoms. The van der Waals surface area contributed by atoms with Crippen LogP contribution in [0.15, 0.2) is 0 Å². The van der Waals surface area contributed by atoms with Crippen molar-refractivity contribution < 1.29 is 24.2 Å². The molecule has 92 valence electrons. The van der Waals surface area contributed by atoms with Crippen molar-refractivity contribution in [3.05, 3.63) is 0 Å². The van der Waals surface area contributed by atoms with Crippen LogP contribution in [0.4, 0.5) is 0 Å². The summed E-state index contributed by atoms with van der Waals surface area (Å²) in [6, 6.07) is 0. The Hall–Kier alpha value is -1.14. The molecule has 1 saturated heterocycles. The Labute approximate surface area is 94.1 Å². The lowest BCUT2D eigenvalue weighted by atomic mass is 10.1. The minimum Gasteiger partial charge on any atom is -0.462 e. The van der Waals surface area contributed by atoms with Crippen LogP contribution < -0.4 is 0 Å². The Balaban J connectivity index is 2.73. The van der Waals surface area contributed by atoms with Gasteiger partial charge in [0.2, 0.25) is 0 Å². The Bertz CT molecular complexity index is 289. The van der Waals surface area contributed by atoms with E-state index in [-0.39, 0.29) is 13.2 Å². The summed E-state index contributed by atoms with van der Waals surface area (Å²) in [5, 5.41) is 9.04. The van der Waals surface area contributed by atoms with E-state index in [0.717, 1.165) is 7.11 Å². The number of hydrogen-bond donors (Lipinski definition) is 1. The van der Waals surface area contributed by atoms with Crippen LogP contribution >= 0.6 is 0 Å². The number of morpholine rings is 1. The second-order valence-corrected chi connectivity index (χ2v) is 4.36. The van der Waals surface area contributed by atoms with Crippen molar-refractivity contribution >= 4 is 11.9 Å². The van der Waals surface area contributed by atoms with Crippen molar-refractivity contribution in [2.24, 2.45) is 0 Å². The molecule has 1 N–H and O–H groups in total. The third-order valence-corrected chi connectivity index (χ3v) is 2.33. The standard InChI is InChI=1S/C10H17NO5/c1-10(2)6-11(4-7(5-12)16-10)8(13)9(14)15-3/h7,12H,4-6H2,1-3H3. The van der Waals surface area contributed by atoms with E-state index in [9.17, 15) is 9.59 Å². The predicted octanol–water partition coefficient (Wildman–Crippen LogP) is -0.842. The van der Waals surface area contributed by atoms with Crippen molar-refractivity contribution in [3.8, 4) is 0 Å². The van der Waals surface area contributed by atoms with Crippen LogP contribution in [-0.4, -0.2) is 60.4 Å². The lowest BCUT2D eigenvalue weighted by Crippen LogP contribution is -2.57. The van der Waals surface area contributed by atoms with Crippen molar-refractivity contribution in [2.45, 2.75) is 25.6 Å². The van der Waals surface area contributed by atoms with Gasteiger partial charge in [-0.1, -0.05) is 0 Å². The maximum absolute atomic E-state index is 11.6. The van der Waals surface area contributed by atoms with E-state index in [4.69, 9.17) is 9.84 Å². The maximum Gasteiger partial charge on any atom is 0.396 e. The minimum absolute atomic E-state index is 0.186. The molecule has 1 aliphatic rings. The zero-order valence-electron chi connectivity index (χ0n) is 9.73. The SMILES string of the molecule is COC(=O)C(=O)N1CC(CO)OC(C)(C)C1. The summed E-state index contributed by atoms with van der Waals surface area (Å²) in [5.41, 5.74) is -0.574. The monoisotopic (exact) mass is 231 g/mol. The zero-order chi connectivity index (χ0) is 12.3. The molecule has 16 heavy (non-hydrogen) atoms. The first-order chi connectivity index (χ1) is 7.39. The molecule has 1 atom stereocenters. The highest BCUT2D eigenvalue weighted by Gasteiger charge is 2.37. The van der Waals surface area contributed by atoms with Crippen molar-refractivity contribution in [2.75, 3.05) is 26.8 Å². The first-order valence-electron chi connectivity index (χ1n) is 5.05. The van der Waals surface area contributed by atoms with Crippen LogP contribution in [0.5, 0.6) is 0 Å². The average molecular weight is 231 g/mol. The van der Waals surface area contributed by atoms with E-state index in [1.807, 2.05) is 0 Å². The van der Waals surface area contributed by atoms with Crippen LogP contribution in [0.25, 0.3) is 0 Å². The smallest absolute Gasteiger partial charge is 0.396 e. The second-order valence-electron chi connectivity index (χ2n) is 4.36. The molecule has 1 amide bonds. The zero-order valence-corrected chi connectivity index (χ0v) is 9.73. The van der Waals surface area contributed by atoms with Gasteiger partial charge in [0.15, 0.2) is 0 Å².